The molecule has 0 aromatic rings. The molecule has 1 rings (SSSR count). The number of unbranched alkanes of at least 4 members (excludes halogenated alkanes) is 4. The summed E-state index contributed by atoms with van der Waals surface area (Å²) in [7, 11) is 1.76. The van der Waals surface area contributed by atoms with Gasteiger partial charge < -0.3 is 9.47 Å². The Morgan fingerprint density at radius 1 is 1.20 bits per heavy atom. The molecule has 1 aliphatic rings. The SMILES string of the molecule is CCCCCCCOC1CC(Br)C1OC. The van der Waals surface area contributed by atoms with Crippen LogP contribution in [0, 0.1) is 0 Å². The molecule has 15 heavy (non-hydrogen) atoms. The first-order valence-corrected chi connectivity index (χ1v) is 6.99. The molecule has 0 spiro atoms. The van der Waals surface area contributed by atoms with Crippen LogP contribution >= 0.6 is 15.9 Å². The Morgan fingerprint density at radius 3 is 2.53 bits per heavy atom. The lowest BCUT2D eigenvalue weighted by molar-refractivity contribution is -0.107. The predicted octanol–water partition coefficient (Wildman–Crippen LogP) is 3.52. The quantitative estimate of drug-likeness (QED) is 0.500. The second-order valence-electron chi connectivity index (χ2n) is 4.28. The van der Waals surface area contributed by atoms with Gasteiger partial charge in [-0.05, 0) is 12.8 Å². The van der Waals surface area contributed by atoms with Crippen molar-refractivity contribution in [2.45, 2.75) is 62.5 Å². The monoisotopic (exact) mass is 278 g/mol. The Morgan fingerprint density at radius 2 is 1.93 bits per heavy atom. The summed E-state index contributed by atoms with van der Waals surface area (Å²) < 4.78 is 11.1. The summed E-state index contributed by atoms with van der Waals surface area (Å²) in [5.74, 6) is 0. The van der Waals surface area contributed by atoms with Crippen molar-refractivity contribution in [3.8, 4) is 0 Å². The molecule has 90 valence electrons. The Labute approximate surface area is 102 Å². The van der Waals surface area contributed by atoms with Crippen molar-refractivity contribution in [3.63, 3.8) is 0 Å². The highest BCUT2D eigenvalue weighted by molar-refractivity contribution is 9.09. The molecule has 0 aliphatic heterocycles. The van der Waals surface area contributed by atoms with E-state index in [0.29, 0.717) is 10.9 Å². The minimum Gasteiger partial charge on any atom is -0.378 e. The van der Waals surface area contributed by atoms with Crippen molar-refractivity contribution >= 4 is 15.9 Å². The molecule has 0 aromatic heterocycles. The van der Waals surface area contributed by atoms with Crippen LogP contribution in [-0.4, -0.2) is 30.8 Å². The van der Waals surface area contributed by atoms with Crippen LogP contribution in [-0.2, 0) is 9.47 Å². The maximum atomic E-state index is 5.78. The number of rotatable bonds is 8. The van der Waals surface area contributed by atoms with Crippen LogP contribution in [0.25, 0.3) is 0 Å². The van der Waals surface area contributed by atoms with Crippen molar-refractivity contribution in [1.29, 1.82) is 0 Å². The van der Waals surface area contributed by atoms with Gasteiger partial charge in [0.1, 0.15) is 0 Å². The van der Waals surface area contributed by atoms with Gasteiger partial charge in [0.25, 0.3) is 0 Å². The molecule has 0 N–H and O–H groups in total. The largest absolute Gasteiger partial charge is 0.378 e. The second kappa shape index (κ2) is 7.64. The van der Waals surface area contributed by atoms with E-state index < -0.39 is 0 Å². The first-order chi connectivity index (χ1) is 7.29. The maximum absolute atomic E-state index is 5.78. The molecule has 3 unspecified atom stereocenters. The molecule has 0 saturated heterocycles. The van der Waals surface area contributed by atoms with Gasteiger partial charge >= 0.3 is 0 Å². The summed E-state index contributed by atoms with van der Waals surface area (Å²) in [6.45, 7) is 3.14. The molecule has 0 aromatic carbocycles. The van der Waals surface area contributed by atoms with Crippen LogP contribution in [0.2, 0.25) is 0 Å². The molecule has 3 heteroatoms. The minimum atomic E-state index is 0.264. The number of hydrogen-bond donors (Lipinski definition) is 0. The lowest BCUT2D eigenvalue weighted by atomic mass is 9.91. The molecule has 1 aliphatic carbocycles. The van der Waals surface area contributed by atoms with E-state index in [1.807, 2.05) is 0 Å². The van der Waals surface area contributed by atoms with Crippen LogP contribution in [0.1, 0.15) is 45.4 Å². The standard InChI is InChI=1S/C12H23BrO2/c1-3-4-5-6-7-8-15-11-9-10(13)12(11)14-2/h10-12H,3-9H2,1-2H3. The molecular weight excluding hydrogens is 256 g/mol. The number of ether oxygens (including phenoxy) is 2. The zero-order valence-electron chi connectivity index (χ0n) is 9.88. The third-order valence-corrected chi connectivity index (χ3v) is 3.93. The van der Waals surface area contributed by atoms with Crippen LogP contribution < -0.4 is 0 Å². The van der Waals surface area contributed by atoms with E-state index in [-0.39, 0.29) is 6.10 Å². The van der Waals surface area contributed by atoms with E-state index in [9.17, 15) is 0 Å². The lowest BCUT2D eigenvalue weighted by Crippen LogP contribution is -2.50. The van der Waals surface area contributed by atoms with Gasteiger partial charge in [-0.15, -0.1) is 0 Å². The first-order valence-electron chi connectivity index (χ1n) is 6.08. The van der Waals surface area contributed by atoms with Crippen molar-refractivity contribution < 1.29 is 9.47 Å². The number of alkyl halides is 1. The zero-order valence-corrected chi connectivity index (χ0v) is 11.5. The van der Waals surface area contributed by atoms with Gasteiger partial charge in [0, 0.05) is 18.5 Å². The average Bonchev–Trinajstić information content (AvgIpc) is 2.22. The van der Waals surface area contributed by atoms with E-state index in [1.165, 1.54) is 32.1 Å². The Bertz CT molecular complexity index is 164. The second-order valence-corrected chi connectivity index (χ2v) is 5.45. The average molecular weight is 279 g/mol. The van der Waals surface area contributed by atoms with Crippen molar-refractivity contribution in [3.05, 3.63) is 0 Å². The zero-order chi connectivity index (χ0) is 11.1. The third-order valence-electron chi connectivity index (χ3n) is 3.03. The van der Waals surface area contributed by atoms with E-state index >= 15 is 0 Å². The van der Waals surface area contributed by atoms with E-state index in [1.54, 1.807) is 7.11 Å². The molecule has 0 amide bonds. The van der Waals surface area contributed by atoms with Gasteiger partial charge in [-0.2, -0.15) is 0 Å². The van der Waals surface area contributed by atoms with Gasteiger partial charge in [0.05, 0.1) is 12.2 Å². The summed E-state index contributed by atoms with van der Waals surface area (Å²) in [5, 5.41) is 0. The summed E-state index contributed by atoms with van der Waals surface area (Å²) in [6, 6.07) is 0. The number of methoxy groups -OCH3 is 1. The Balaban J connectivity index is 1.92. The van der Waals surface area contributed by atoms with Gasteiger partial charge in [-0.1, -0.05) is 48.5 Å². The topological polar surface area (TPSA) is 18.5 Å². The molecule has 1 fully saturated rings. The molecule has 0 bridgehead atoms. The molecule has 0 heterocycles. The summed E-state index contributed by atoms with van der Waals surface area (Å²) in [5.41, 5.74) is 0. The van der Waals surface area contributed by atoms with E-state index in [4.69, 9.17) is 9.47 Å². The normalized spacial score (nSPS) is 30.2. The summed E-state index contributed by atoms with van der Waals surface area (Å²) >= 11 is 3.57. The highest BCUT2D eigenvalue weighted by Gasteiger charge is 2.40. The molecule has 3 atom stereocenters. The van der Waals surface area contributed by atoms with Gasteiger partial charge in [-0.3, -0.25) is 0 Å². The van der Waals surface area contributed by atoms with Crippen LogP contribution in [0.5, 0.6) is 0 Å². The first kappa shape index (κ1) is 13.5. The van der Waals surface area contributed by atoms with Gasteiger partial charge in [-0.25, -0.2) is 0 Å². The minimum absolute atomic E-state index is 0.264. The third kappa shape index (κ3) is 4.41. The smallest absolute Gasteiger partial charge is 0.0958 e. The van der Waals surface area contributed by atoms with Crippen molar-refractivity contribution in [1.82, 2.24) is 0 Å². The molecule has 0 radical (unpaired) electrons. The van der Waals surface area contributed by atoms with Crippen molar-refractivity contribution in [2.24, 2.45) is 0 Å². The number of halogens is 1. The fourth-order valence-electron chi connectivity index (χ4n) is 1.93. The van der Waals surface area contributed by atoms with Gasteiger partial charge in [0.15, 0.2) is 0 Å². The van der Waals surface area contributed by atoms with Crippen LogP contribution in [0.4, 0.5) is 0 Å². The molecular formula is C12H23BrO2. The predicted molar refractivity (Wildman–Crippen MR) is 66.6 cm³/mol. The summed E-state index contributed by atoms with van der Waals surface area (Å²) in [6.07, 6.45) is 8.18. The van der Waals surface area contributed by atoms with E-state index in [0.717, 1.165) is 13.0 Å². The lowest BCUT2D eigenvalue weighted by Gasteiger charge is -2.40. The highest BCUT2D eigenvalue weighted by Crippen LogP contribution is 2.32. The van der Waals surface area contributed by atoms with Crippen LogP contribution in [0.3, 0.4) is 0 Å². The summed E-state index contributed by atoms with van der Waals surface area (Å²) in [4.78, 5) is 0.493. The fraction of sp³-hybridized carbons (Fsp3) is 1.00. The van der Waals surface area contributed by atoms with Crippen LogP contribution in [0.15, 0.2) is 0 Å². The fourth-order valence-corrected chi connectivity index (χ4v) is 2.85. The number of hydrogen-bond acceptors (Lipinski definition) is 2. The molecule has 2 nitrogen and oxygen atoms in total. The Kier molecular flexibility index (Phi) is 6.86. The highest BCUT2D eigenvalue weighted by atomic mass is 79.9. The van der Waals surface area contributed by atoms with Gasteiger partial charge in [0.2, 0.25) is 0 Å². The van der Waals surface area contributed by atoms with E-state index in [2.05, 4.69) is 22.9 Å². The Hall–Kier alpha value is 0.400. The maximum Gasteiger partial charge on any atom is 0.0958 e. The molecule has 1 saturated carbocycles. The van der Waals surface area contributed by atoms with Crippen molar-refractivity contribution in [2.75, 3.05) is 13.7 Å².